The second-order valence-electron chi connectivity index (χ2n) is 4.80. The number of oxime groups is 1. The molecule has 1 fully saturated rings. The molecule has 0 bridgehead atoms. The average molecular weight is 322 g/mol. The summed E-state index contributed by atoms with van der Waals surface area (Å²) in [7, 11) is 0. The molecule has 7 heteroatoms. The predicted octanol–water partition coefficient (Wildman–Crippen LogP) is 4.28. The highest BCUT2D eigenvalue weighted by Crippen LogP contribution is 2.33. The molecule has 1 unspecified atom stereocenters. The van der Waals surface area contributed by atoms with Crippen molar-refractivity contribution < 1.29 is 22.7 Å². The maximum atomic E-state index is 12.9. The highest BCUT2D eigenvalue weighted by Gasteiger charge is 2.34. The summed E-state index contributed by atoms with van der Waals surface area (Å²) in [5, 5.41) is 3.97. The number of hydrogen-bond donors (Lipinski definition) is 0. The first-order chi connectivity index (χ1) is 9.88. The maximum Gasteiger partial charge on any atom is 0.417 e. The molecule has 1 aromatic rings. The van der Waals surface area contributed by atoms with Crippen molar-refractivity contribution in [2.45, 2.75) is 32.0 Å². The molecular formula is C14H15ClF3NO2. The Morgan fingerprint density at radius 2 is 2.24 bits per heavy atom. The first-order valence-electron chi connectivity index (χ1n) is 6.53. The van der Waals surface area contributed by atoms with Gasteiger partial charge in [0.2, 0.25) is 0 Å². The Bertz CT molecular complexity index is 525. The normalized spacial score (nSPS) is 19.9. The van der Waals surface area contributed by atoms with E-state index < -0.39 is 11.7 Å². The van der Waals surface area contributed by atoms with Gasteiger partial charge in [0.1, 0.15) is 6.61 Å². The van der Waals surface area contributed by atoms with Crippen LogP contribution in [0.25, 0.3) is 0 Å². The Balaban J connectivity index is 2.13. The summed E-state index contributed by atoms with van der Waals surface area (Å²) < 4.78 is 44.2. The molecule has 1 aliphatic rings. The summed E-state index contributed by atoms with van der Waals surface area (Å²) in [5.41, 5.74) is -0.737. The van der Waals surface area contributed by atoms with Gasteiger partial charge in [0.25, 0.3) is 0 Å². The van der Waals surface area contributed by atoms with Crippen LogP contribution in [0.2, 0.25) is 5.02 Å². The lowest BCUT2D eigenvalue weighted by Gasteiger charge is -2.13. The molecule has 0 amide bonds. The van der Waals surface area contributed by atoms with Gasteiger partial charge in [0, 0.05) is 17.2 Å². The third kappa shape index (κ3) is 4.35. The fraction of sp³-hybridized carbons (Fsp3) is 0.500. The molecule has 0 N–H and O–H groups in total. The summed E-state index contributed by atoms with van der Waals surface area (Å²) in [6.07, 6.45) is -2.67. The van der Waals surface area contributed by atoms with Crippen molar-refractivity contribution in [2.24, 2.45) is 5.16 Å². The quantitative estimate of drug-likeness (QED) is 0.612. The van der Waals surface area contributed by atoms with Crippen LogP contribution in [0.15, 0.2) is 23.4 Å². The van der Waals surface area contributed by atoms with E-state index in [0.29, 0.717) is 6.61 Å². The number of ether oxygens (including phenoxy) is 1. The molecule has 21 heavy (non-hydrogen) atoms. The zero-order valence-electron chi connectivity index (χ0n) is 11.4. The van der Waals surface area contributed by atoms with E-state index >= 15 is 0 Å². The fourth-order valence-electron chi connectivity index (χ4n) is 2.11. The Hall–Kier alpha value is -1.27. The van der Waals surface area contributed by atoms with Gasteiger partial charge in [0.15, 0.2) is 0 Å². The zero-order chi connectivity index (χ0) is 15.5. The van der Waals surface area contributed by atoms with E-state index in [1.807, 2.05) is 0 Å². The molecule has 1 aliphatic heterocycles. The highest BCUT2D eigenvalue weighted by molar-refractivity contribution is 6.31. The van der Waals surface area contributed by atoms with E-state index in [4.69, 9.17) is 21.2 Å². The van der Waals surface area contributed by atoms with Crippen molar-refractivity contribution >= 4 is 17.3 Å². The predicted molar refractivity (Wildman–Crippen MR) is 73.6 cm³/mol. The molecule has 2 rings (SSSR count). The Kier molecular flexibility index (Phi) is 5.11. The van der Waals surface area contributed by atoms with Crippen LogP contribution in [-0.4, -0.2) is 25.0 Å². The number of nitrogens with zero attached hydrogens (tertiary/aromatic N) is 1. The van der Waals surface area contributed by atoms with Gasteiger partial charge in [-0.15, -0.1) is 0 Å². The minimum atomic E-state index is -4.47. The SMILES string of the molecule is C/C(=N\OCC1CCCO1)c1cc(Cl)ccc1C(F)(F)F. The van der Waals surface area contributed by atoms with Crippen LogP contribution in [0.5, 0.6) is 0 Å². The van der Waals surface area contributed by atoms with Gasteiger partial charge in [-0.05, 0) is 38.0 Å². The van der Waals surface area contributed by atoms with E-state index in [1.165, 1.54) is 19.1 Å². The summed E-state index contributed by atoms with van der Waals surface area (Å²) >= 11 is 5.77. The van der Waals surface area contributed by atoms with Gasteiger partial charge in [-0.2, -0.15) is 13.2 Å². The second kappa shape index (κ2) is 6.66. The minimum Gasteiger partial charge on any atom is -0.393 e. The first-order valence-corrected chi connectivity index (χ1v) is 6.91. The Morgan fingerprint density at radius 1 is 1.48 bits per heavy atom. The van der Waals surface area contributed by atoms with Crippen molar-refractivity contribution in [1.82, 2.24) is 0 Å². The van der Waals surface area contributed by atoms with E-state index in [0.717, 1.165) is 18.9 Å². The Morgan fingerprint density at radius 3 is 2.86 bits per heavy atom. The largest absolute Gasteiger partial charge is 0.417 e. The molecule has 0 radical (unpaired) electrons. The summed E-state index contributed by atoms with van der Waals surface area (Å²) in [6, 6.07) is 3.38. The number of hydrogen-bond acceptors (Lipinski definition) is 3. The number of alkyl halides is 3. The first kappa shape index (κ1) is 16.1. The molecule has 1 atom stereocenters. The van der Waals surface area contributed by atoms with Crippen LogP contribution in [0, 0.1) is 0 Å². The second-order valence-corrected chi connectivity index (χ2v) is 5.23. The smallest absolute Gasteiger partial charge is 0.393 e. The molecule has 1 aromatic carbocycles. The van der Waals surface area contributed by atoms with Crippen molar-refractivity contribution in [3.63, 3.8) is 0 Å². The van der Waals surface area contributed by atoms with Crippen LogP contribution in [0.4, 0.5) is 13.2 Å². The minimum absolute atomic E-state index is 0.0389. The molecular weight excluding hydrogens is 307 g/mol. The standard InChI is InChI=1S/C14H15ClF3NO2/c1-9(19-21-8-11-3-2-6-20-11)12-7-10(15)4-5-13(12)14(16,17)18/h4-5,7,11H,2-3,6,8H2,1H3/b19-9+. The highest BCUT2D eigenvalue weighted by atomic mass is 35.5. The molecule has 0 aliphatic carbocycles. The summed E-state index contributed by atoms with van der Waals surface area (Å²) in [4.78, 5) is 5.09. The van der Waals surface area contributed by atoms with Gasteiger partial charge < -0.3 is 9.57 Å². The van der Waals surface area contributed by atoms with Crippen LogP contribution in [0.3, 0.4) is 0 Å². The van der Waals surface area contributed by atoms with Crippen LogP contribution in [0.1, 0.15) is 30.9 Å². The van der Waals surface area contributed by atoms with Gasteiger partial charge >= 0.3 is 6.18 Å². The lowest BCUT2D eigenvalue weighted by Crippen LogP contribution is -2.14. The molecule has 1 saturated heterocycles. The van der Waals surface area contributed by atoms with Gasteiger partial charge in [-0.3, -0.25) is 0 Å². The van der Waals surface area contributed by atoms with Gasteiger partial charge in [0.05, 0.1) is 17.4 Å². The average Bonchev–Trinajstić information content (AvgIpc) is 2.90. The Labute approximate surface area is 125 Å². The molecule has 0 spiro atoms. The maximum absolute atomic E-state index is 12.9. The van der Waals surface area contributed by atoms with Crippen LogP contribution < -0.4 is 0 Å². The number of halogens is 4. The van der Waals surface area contributed by atoms with Crippen molar-refractivity contribution in [1.29, 1.82) is 0 Å². The van der Waals surface area contributed by atoms with Crippen LogP contribution in [-0.2, 0) is 15.8 Å². The fourth-order valence-corrected chi connectivity index (χ4v) is 2.28. The van der Waals surface area contributed by atoms with E-state index in [2.05, 4.69) is 5.16 Å². The molecule has 0 saturated carbocycles. The van der Waals surface area contributed by atoms with Crippen molar-refractivity contribution in [2.75, 3.05) is 13.2 Å². The van der Waals surface area contributed by atoms with Gasteiger partial charge in [-0.1, -0.05) is 16.8 Å². The third-order valence-electron chi connectivity index (χ3n) is 3.16. The van der Waals surface area contributed by atoms with Crippen molar-refractivity contribution in [3.05, 3.63) is 34.3 Å². The number of benzene rings is 1. The summed E-state index contributed by atoms with van der Waals surface area (Å²) in [6.45, 7) is 2.37. The van der Waals surface area contributed by atoms with Crippen molar-refractivity contribution in [3.8, 4) is 0 Å². The zero-order valence-corrected chi connectivity index (χ0v) is 12.2. The lowest BCUT2D eigenvalue weighted by molar-refractivity contribution is -0.137. The monoisotopic (exact) mass is 321 g/mol. The van der Waals surface area contributed by atoms with Gasteiger partial charge in [-0.25, -0.2) is 0 Å². The number of rotatable bonds is 4. The van der Waals surface area contributed by atoms with E-state index in [1.54, 1.807) is 0 Å². The van der Waals surface area contributed by atoms with Crippen LogP contribution >= 0.6 is 11.6 Å². The summed E-state index contributed by atoms with van der Waals surface area (Å²) in [5.74, 6) is 0. The molecule has 0 aromatic heterocycles. The van der Waals surface area contributed by atoms with E-state index in [9.17, 15) is 13.2 Å². The molecule has 116 valence electrons. The lowest BCUT2D eigenvalue weighted by atomic mass is 10.0. The third-order valence-corrected chi connectivity index (χ3v) is 3.40. The van der Waals surface area contributed by atoms with E-state index in [-0.39, 0.29) is 29.0 Å². The molecule has 3 nitrogen and oxygen atoms in total. The topological polar surface area (TPSA) is 30.8 Å². The molecule has 1 heterocycles.